The van der Waals surface area contributed by atoms with Crippen LogP contribution in [-0.2, 0) is 4.79 Å². The Morgan fingerprint density at radius 2 is 1.79 bits per heavy atom. The molecule has 5 heteroatoms. The number of para-hydroxylation sites is 1. The molecule has 0 aliphatic rings. The molecule has 0 fully saturated rings. The molecule has 1 atom stereocenters. The molecule has 1 aromatic heterocycles. The third-order valence-corrected chi connectivity index (χ3v) is 4.00. The van der Waals surface area contributed by atoms with Gasteiger partial charge in [-0.05, 0) is 36.8 Å². The summed E-state index contributed by atoms with van der Waals surface area (Å²) >= 11 is 0. The number of furan rings is 1. The fourth-order valence-corrected chi connectivity index (χ4v) is 2.81. The SMILES string of the molecule is CCC(C(=O)O)c1c(C(=O)c2ccc(F)cc2)oc2ccccc12. The zero-order chi connectivity index (χ0) is 17.3. The lowest BCUT2D eigenvalue weighted by Crippen LogP contribution is -2.14. The largest absolute Gasteiger partial charge is 0.481 e. The third-order valence-electron chi connectivity index (χ3n) is 4.00. The molecular weight excluding hydrogens is 311 g/mol. The fourth-order valence-electron chi connectivity index (χ4n) is 2.81. The van der Waals surface area contributed by atoms with E-state index in [1.54, 1.807) is 31.2 Å². The quantitative estimate of drug-likeness (QED) is 0.707. The minimum atomic E-state index is -1.02. The van der Waals surface area contributed by atoms with Crippen molar-refractivity contribution in [1.82, 2.24) is 0 Å². The number of hydrogen-bond donors (Lipinski definition) is 1. The average Bonchev–Trinajstić information content (AvgIpc) is 2.95. The summed E-state index contributed by atoms with van der Waals surface area (Å²) in [6.45, 7) is 1.74. The molecule has 24 heavy (non-hydrogen) atoms. The highest BCUT2D eigenvalue weighted by Gasteiger charge is 2.30. The number of rotatable bonds is 5. The zero-order valence-electron chi connectivity index (χ0n) is 13.0. The molecule has 1 heterocycles. The Labute approximate surface area is 137 Å². The molecule has 0 bridgehead atoms. The Bertz CT molecular complexity index is 909. The first-order chi connectivity index (χ1) is 11.5. The van der Waals surface area contributed by atoms with Gasteiger partial charge in [0, 0.05) is 16.5 Å². The number of aliphatic carboxylic acids is 1. The van der Waals surface area contributed by atoms with Crippen molar-refractivity contribution < 1.29 is 23.5 Å². The highest BCUT2D eigenvalue weighted by molar-refractivity contribution is 6.11. The van der Waals surface area contributed by atoms with Gasteiger partial charge in [-0.1, -0.05) is 25.1 Å². The molecule has 3 rings (SSSR count). The van der Waals surface area contributed by atoms with Crippen LogP contribution >= 0.6 is 0 Å². The maximum Gasteiger partial charge on any atom is 0.311 e. The Balaban J connectivity index is 2.21. The first kappa shape index (κ1) is 15.9. The molecular formula is C19H15FO4. The van der Waals surface area contributed by atoms with Gasteiger partial charge >= 0.3 is 5.97 Å². The number of carboxylic acid groups (broad SMARTS) is 1. The van der Waals surface area contributed by atoms with E-state index >= 15 is 0 Å². The average molecular weight is 326 g/mol. The standard InChI is InChI=1S/C19H15FO4/c1-2-13(19(22)23)16-14-5-3-4-6-15(14)24-18(16)17(21)11-7-9-12(20)10-8-11/h3-10,13H,2H2,1H3,(H,22,23). The smallest absolute Gasteiger partial charge is 0.311 e. The molecule has 2 aromatic carbocycles. The number of carbonyl (C=O) groups is 2. The highest BCUT2D eigenvalue weighted by Crippen LogP contribution is 2.35. The van der Waals surface area contributed by atoms with Crippen molar-refractivity contribution in [2.45, 2.75) is 19.3 Å². The summed E-state index contributed by atoms with van der Waals surface area (Å²) in [6, 6.07) is 12.0. The predicted octanol–water partition coefficient (Wildman–Crippen LogP) is 4.38. The van der Waals surface area contributed by atoms with Crippen LogP contribution in [0, 0.1) is 5.82 Å². The normalized spacial score (nSPS) is 12.2. The second-order valence-electron chi connectivity index (χ2n) is 5.48. The number of benzene rings is 2. The molecule has 4 nitrogen and oxygen atoms in total. The second-order valence-corrected chi connectivity index (χ2v) is 5.48. The maximum absolute atomic E-state index is 13.1. The van der Waals surface area contributed by atoms with Crippen molar-refractivity contribution in [3.8, 4) is 0 Å². The van der Waals surface area contributed by atoms with Gasteiger partial charge in [-0.3, -0.25) is 9.59 Å². The van der Waals surface area contributed by atoms with Crippen molar-refractivity contribution in [2.24, 2.45) is 0 Å². The number of hydrogen-bond acceptors (Lipinski definition) is 3. The van der Waals surface area contributed by atoms with Gasteiger partial charge in [0.05, 0.1) is 5.92 Å². The van der Waals surface area contributed by atoms with E-state index in [-0.39, 0.29) is 11.3 Å². The van der Waals surface area contributed by atoms with E-state index in [1.807, 2.05) is 0 Å². The van der Waals surface area contributed by atoms with E-state index in [0.29, 0.717) is 23.0 Å². The molecule has 0 spiro atoms. The molecule has 0 saturated carbocycles. The number of ketones is 1. The van der Waals surface area contributed by atoms with Crippen LogP contribution in [0.4, 0.5) is 4.39 Å². The van der Waals surface area contributed by atoms with E-state index in [4.69, 9.17) is 4.42 Å². The molecule has 0 radical (unpaired) electrons. The highest BCUT2D eigenvalue weighted by atomic mass is 19.1. The van der Waals surface area contributed by atoms with Crippen LogP contribution in [0.1, 0.15) is 40.9 Å². The Kier molecular flexibility index (Phi) is 4.16. The van der Waals surface area contributed by atoms with Gasteiger partial charge < -0.3 is 9.52 Å². The lowest BCUT2D eigenvalue weighted by Gasteiger charge is -2.10. The molecule has 1 N–H and O–H groups in total. The van der Waals surface area contributed by atoms with Gasteiger partial charge in [0.1, 0.15) is 11.4 Å². The maximum atomic E-state index is 13.1. The van der Waals surface area contributed by atoms with Crippen molar-refractivity contribution in [3.63, 3.8) is 0 Å². The number of halogens is 1. The molecule has 0 aliphatic carbocycles. The minimum absolute atomic E-state index is 0.00272. The van der Waals surface area contributed by atoms with Crippen LogP contribution in [-0.4, -0.2) is 16.9 Å². The Hall–Kier alpha value is -2.95. The molecule has 0 amide bonds. The van der Waals surface area contributed by atoms with E-state index in [0.717, 1.165) is 0 Å². The number of fused-ring (bicyclic) bond motifs is 1. The monoisotopic (exact) mass is 326 g/mol. The van der Waals surface area contributed by atoms with Crippen molar-refractivity contribution in [3.05, 3.63) is 71.2 Å². The van der Waals surface area contributed by atoms with Gasteiger partial charge in [-0.2, -0.15) is 0 Å². The van der Waals surface area contributed by atoms with Gasteiger partial charge in [0.2, 0.25) is 5.78 Å². The lowest BCUT2D eigenvalue weighted by molar-refractivity contribution is -0.138. The number of carbonyl (C=O) groups excluding carboxylic acids is 1. The van der Waals surface area contributed by atoms with Crippen molar-refractivity contribution in [2.75, 3.05) is 0 Å². The number of carboxylic acids is 1. The topological polar surface area (TPSA) is 67.5 Å². The van der Waals surface area contributed by atoms with Crippen LogP contribution in [0.25, 0.3) is 11.0 Å². The van der Waals surface area contributed by atoms with Crippen LogP contribution in [0.5, 0.6) is 0 Å². The summed E-state index contributed by atoms with van der Waals surface area (Å²) in [5, 5.41) is 10.1. The molecule has 3 aromatic rings. The molecule has 0 saturated heterocycles. The van der Waals surface area contributed by atoms with Crippen molar-refractivity contribution >= 4 is 22.7 Å². The zero-order valence-corrected chi connectivity index (χ0v) is 13.0. The predicted molar refractivity (Wildman–Crippen MR) is 86.7 cm³/mol. The Morgan fingerprint density at radius 1 is 1.12 bits per heavy atom. The molecule has 0 aliphatic heterocycles. The first-order valence-corrected chi connectivity index (χ1v) is 7.57. The summed E-state index contributed by atoms with van der Waals surface area (Å²) < 4.78 is 18.7. The summed E-state index contributed by atoms with van der Waals surface area (Å²) in [7, 11) is 0. The summed E-state index contributed by atoms with van der Waals surface area (Å²) in [4.78, 5) is 24.4. The van der Waals surface area contributed by atoms with E-state index < -0.39 is 23.5 Å². The van der Waals surface area contributed by atoms with Gasteiger partial charge in [0.15, 0.2) is 5.76 Å². The fraction of sp³-hybridized carbons (Fsp3) is 0.158. The Morgan fingerprint density at radius 3 is 2.42 bits per heavy atom. The summed E-state index contributed by atoms with van der Waals surface area (Å²) in [5.74, 6) is -2.78. The van der Waals surface area contributed by atoms with Gasteiger partial charge in [-0.15, -0.1) is 0 Å². The van der Waals surface area contributed by atoms with E-state index in [1.165, 1.54) is 24.3 Å². The van der Waals surface area contributed by atoms with Gasteiger partial charge in [-0.25, -0.2) is 4.39 Å². The lowest BCUT2D eigenvalue weighted by atomic mass is 9.91. The second kappa shape index (κ2) is 6.28. The van der Waals surface area contributed by atoms with E-state index in [2.05, 4.69) is 0 Å². The minimum Gasteiger partial charge on any atom is -0.481 e. The van der Waals surface area contributed by atoms with Crippen LogP contribution < -0.4 is 0 Å². The van der Waals surface area contributed by atoms with Crippen LogP contribution in [0.3, 0.4) is 0 Å². The summed E-state index contributed by atoms with van der Waals surface area (Å²) in [6.07, 6.45) is 0.322. The summed E-state index contributed by atoms with van der Waals surface area (Å²) in [5.41, 5.74) is 1.07. The molecule has 122 valence electrons. The van der Waals surface area contributed by atoms with Gasteiger partial charge in [0.25, 0.3) is 0 Å². The van der Waals surface area contributed by atoms with Crippen molar-refractivity contribution in [1.29, 1.82) is 0 Å². The first-order valence-electron chi connectivity index (χ1n) is 7.57. The van der Waals surface area contributed by atoms with E-state index in [9.17, 15) is 19.1 Å². The van der Waals surface area contributed by atoms with Crippen LogP contribution in [0.2, 0.25) is 0 Å². The third kappa shape index (κ3) is 2.69. The molecule has 1 unspecified atom stereocenters. The van der Waals surface area contributed by atoms with Crippen LogP contribution in [0.15, 0.2) is 52.9 Å².